The minimum atomic E-state index is -3.73. The van der Waals surface area contributed by atoms with Crippen LogP contribution in [0, 0.1) is 0 Å². The highest BCUT2D eigenvalue weighted by molar-refractivity contribution is 7.91. The van der Waals surface area contributed by atoms with E-state index < -0.39 is 15.7 Å². The van der Waals surface area contributed by atoms with E-state index in [1.165, 1.54) is 29.2 Å². The van der Waals surface area contributed by atoms with Crippen LogP contribution in [0.25, 0.3) is 0 Å². The van der Waals surface area contributed by atoms with Crippen LogP contribution in [0.4, 0.5) is 10.1 Å². The van der Waals surface area contributed by atoms with E-state index >= 15 is 0 Å². The highest BCUT2D eigenvalue weighted by Crippen LogP contribution is 2.29. The molecule has 28 heavy (non-hydrogen) atoms. The van der Waals surface area contributed by atoms with E-state index in [2.05, 4.69) is 0 Å². The molecule has 0 aliphatic carbocycles. The number of fused-ring (bicyclic) bond motifs is 1. The number of hydrogen-bond acceptors (Lipinski definition) is 5. The Labute approximate surface area is 163 Å². The maximum absolute atomic E-state index is 12.8. The van der Waals surface area contributed by atoms with Crippen molar-refractivity contribution in [1.82, 2.24) is 0 Å². The van der Waals surface area contributed by atoms with E-state index in [0.29, 0.717) is 29.8 Å². The van der Waals surface area contributed by atoms with Gasteiger partial charge in [-0.15, -0.1) is 0 Å². The summed E-state index contributed by atoms with van der Waals surface area (Å²) in [6, 6.07) is 13.1. The van der Waals surface area contributed by atoms with E-state index in [0.717, 1.165) is 5.56 Å². The second-order valence-electron chi connectivity index (χ2n) is 6.43. The molecule has 0 spiro atoms. The summed E-state index contributed by atoms with van der Waals surface area (Å²) in [5.41, 5.74) is 7.24. The third kappa shape index (κ3) is 4.40. The van der Waals surface area contributed by atoms with Crippen molar-refractivity contribution in [2.45, 2.75) is 17.7 Å². The largest absolute Gasteiger partial charge is 0.489 e. The van der Waals surface area contributed by atoms with Crippen LogP contribution in [-0.2, 0) is 21.1 Å². The Hall–Kier alpha value is -2.71. The number of rotatable bonds is 7. The van der Waals surface area contributed by atoms with E-state index in [1.54, 1.807) is 12.1 Å². The lowest BCUT2D eigenvalue weighted by Crippen LogP contribution is -2.39. The molecule has 0 radical (unpaired) electrons. The molecule has 0 bridgehead atoms. The lowest BCUT2D eigenvalue weighted by atomic mass is 10.0. The average Bonchev–Trinajstić information content (AvgIpc) is 2.71. The minimum absolute atomic E-state index is 0.0157. The Kier molecular flexibility index (Phi) is 6.11. The van der Waals surface area contributed by atoms with E-state index in [9.17, 15) is 17.6 Å². The van der Waals surface area contributed by atoms with Crippen LogP contribution in [0.5, 0.6) is 5.75 Å². The first-order valence-corrected chi connectivity index (χ1v) is 10.4. The van der Waals surface area contributed by atoms with Gasteiger partial charge < -0.3 is 10.5 Å². The molecule has 148 valence electrons. The quantitative estimate of drug-likeness (QED) is 0.766. The van der Waals surface area contributed by atoms with Gasteiger partial charge >= 0.3 is 0 Å². The zero-order chi connectivity index (χ0) is 20.1. The minimum Gasteiger partial charge on any atom is -0.489 e. The summed E-state index contributed by atoms with van der Waals surface area (Å²) >= 11 is 0. The van der Waals surface area contributed by atoms with Crippen LogP contribution in [0.1, 0.15) is 12.0 Å². The van der Waals surface area contributed by atoms with Gasteiger partial charge in [0.1, 0.15) is 18.2 Å². The van der Waals surface area contributed by atoms with Gasteiger partial charge in [0.25, 0.3) is 0 Å². The molecule has 1 amide bonds. The highest BCUT2D eigenvalue weighted by Gasteiger charge is 2.29. The van der Waals surface area contributed by atoms with Crippen LogP contribution in [-0.4, -0.2) is 33.4 Å². The number of para-hydroxylation sites is 1. The fourth-order valence-electron chi connectivity index (χ4n) is 2.94. The third-order valence-electron chi connectivity index (χ3n) is 4.51. The Morgan fingerprint density at radius 2 is 1.86 bits per heavy atom. The molecule has 1 aliphatic heterocycles. The van der Waals surface area contributed by atoms with Gasteiger partial charge in [0.15, 0.2) is 9.84 Å². The van der Waals surface area contributed by atoms with Gasteiger partial charge in [-0.25, -0.2) is 12.8 Å². The van der Waals surface area contributed by atoms with Crippen LogP contribution in [0.2, 0.25) is 0 Å². The number of amides is 1. The van der Waals surface area contributed by atoms with Crippen LogP contribution in [0.15, 0.2) is 65.3 Å². The van der Waals surface area contributed by atoms with Crippen molar-refractivity contribution in [3.63, 3.8) is 0 Å². The number of aryl methyl sites for hydroxylation is 1. The first-order chi connectivity index (χ1) is 13.4. The predicted molar refractivity (Wildman–Crippen MR) is 104 cm³/mol. The Morgan fingerprint density at radius 3 is 2.54 bits per heavy atom. The Morgan fingerprint density at radius 1 is 1.14 bits per heavy atom. The summed E-state index contributed by atoms with van der Waals surface area (Å²) in [6.07, 6.45) is 1.28. The number of hydrogen-bond donors (Lipinski definition) is 1. The van der Waals surface area contributed by atoms with Crippen molar-refractivity contribution in [1.29, 1.82) is 0 Å². The second-order valence-corrected chi connectivity index (χ2v) is 8.38. The van der Waals surface area contributed by atoms with Gasteiger partial charge in [-0.05, 0) is 42.3 Å². The molecular weight excluding hydrogens is 383 g/mol. The molecule has 0 fully saturated rings. The zero-order valence-electron chi connectivity index (χ0n) is 15.2. The van der Waals surface area contributed by atoms with Crippen molar-refractivity contribution >= 4 is 21.4 Å². The van der Waals surface area contributed by atoms with Gasteiger partial charge in [-0.1, -0.05) is 18.2 Å². The summed E-state index contributed by atoms with van der Waals surface area (Å²) < 4.78 is 43.5. The molecule has 3 rings (SSSR count). The van der Waals surface area contributed by atoms with Gasteiger partial charge in [0.05, 0.1) is 11.2 Å². The van der Waals surface area contributed by atoms with Crippen LogP contribution < -0.4 is 15.4 Å². The number of carbonyl (C=O) groups excluding carboxylic acids is 1. The van der Waals surface area contributed by atoms with Crippen molar-refractivity contribution in [3.05, 3.63) is 66.0 Å². The number of benzene rings is 2. The Balaban J connectivity index is 1.76. The number of sulfone groups is 1. The molecule has 8 heteroatoms. The molecule has 6 nitrogen and oxygen atoms in total. The number of nitrogens with zero attached hydrogens (tertiary/aromatic N) is 1. The van der Waals surface area contributed by atoms with Gasteiger partial charge in [0, 0.05) is 24.2 Å². The molecule has 1 aliphatic rings. The Bertz CT molecular complexity index is 988. The first kappa shape index (κ1) is 20.0. The average molecular weight is 404 g/mol. The van der Waals surface area contributed by atoms with Crippen LogP contribution in [0.3, 0.4) is 0 Å². The van der Waals surface area contributed by atoms with E-state index in [1.807, 2.05) is 12.1 Å². The summed E-state index contributed by atoms with van der Waals surface area (Å²) in [4.78, 5) is 13.7. The SMILES string of the molecule is NCC(=CF)COc1ccc(S(=O)(=O)CN2C(=O)CCc3ccccc32)cc1. The molecule has 2 aromatic carbocycles. The monoisotopic (exact) mass is 404 g/mol. The standard InChI is InChI=1S/C20H21FN2O4S/c21-11-15(12-22)13-27-17-6-8-18(9-7-17)28(25,26)14-23-19-4-2-1-3-16(19)5-10-20(23)24/h1-4,6-9,11H,5,10,12-14,22H2. The number of anilines is 1. The van der Waals surface area contributed by atoms with Gasteiger partial charge in [-0.3, -0.25) is 9.69 Å². The second kappa shape index (κ2) is 8.53. The van der Waals surface area contributed by atoms with Crippen molar-refractivity contribution in [3.8, 4) is 5.75 Å². The predicted octanol–water partition coefficient (Wildman–Crippen LogP) is 2.59. The fraction of sp³-hybridized carbons (Fsp3) is 0.250. The fourth-order valence-corrected chi connectivity index (χ4v) is 4.26. The number of carbonyl (C=O) groups is 1. The molecular formula is C20H21FN2O4S. The number of halogens is 1. The number of nitrogens with two attached hydrogens (primary N) is 1. The first-order valence-electron chi connectivity index (χ1n) is 8.76. The molecule has 1 heterocycles. The summed E-state index contributed by atoms with van der Waals surface area (Å²) in [5, 5.41) is 0. The molecule has 0 aromatic heterocycles. The summed E-state index contributed by atoms with van der Waals surface area (Å²) in [7, 11) is -3.73. The van der Waals surface area contributed by atoms with Crippen LogP contribution >= 0.6 is 0 Å². The molecule has 0 atom stereocenters. The van der Waals surface area contributed by atoms with E-state index in [-0.39, 0.29) is 30.4 Å². The third-order valence-corrected chi connectivity index (χ3v) is 6.10. The van der Waals surface area contributed by atoms with Crippen molar-refractivity contribution in [2.24, 2.45) is 5.73 Å². The van der Waals surface area contributed by atoms with Gasteiger partial charge in [0.2, 0.25) is 5.91 Å². The summed E-state index contributed by atoms with van der Waals surface area (Å²) in [6.45, 7) is 0.0203. The smallest absolute Gasteiger partial charge is 0.228 e. The lowest BCUT2D eigenvalue weighted by molar-refractivity contribution is -0.118. The molecule has 0 saturated carbocycles. The van der Waals surface area contributed by atoms with E-state index in [4.69, 9.17) is 10.5 Å². The number of ether oxygens (including phenoxy) is 1. The summed E-state index contributed by atoms with van der Waals surface area (Å²) in [5.74, 6) is -0.244. The van der Waals surface area contributed by atoms with Crippen molar-refractivity contribution < 1.29 is 22.3 Å². The van der Waals surface area contributed by atoms with Crippen molar-refractivity contribution in [2.75, 3.05) is 23.9 Å². The molecule has 2 aromatic rings. The maximum atomic E-state index is 12.8. The highest BCUT2D eigenvalue weighted by atomic mass is 32.2. The topological polar surface area (TPSA) is 89.7 Å². The zero-order valence-corrected chi connectivity index (χ0v) is 16.0. The van der Waals surface area contributed by atoms with Gasteiger partial charge in [-0.2, -0.15) is 0 Å². The normalized spacial score (nSPS) is 14.7. The maximum Gasteiger partial charge on any atom is 0.228 e. The lowest BCUT2D eigenvalue weighted by Gasteiger charge is -2.29. The molecule has 2 N–H and O–H groups in total. The molecule has 0 saturated heterocycles. The molecule has 0 unspecified atom stereocenters.